The molecule has 1 unspecified atom stereocenters. The molecular formula is C15H13ClF4O. The van der Waals surface area contributed by atoms with Crippen LogP contribution in [0.2, 0.25) is 0 Å². The SMILES string of the molecule is Fc1ccc(C(Cl)CCOCC(F)(F)F)c2ccccc12. The van der Waals surface area contributed by atoms with Gasteiger partial charge < -0.3 is 4.74 Å². The fourth-order valence-electron chi connectivity index (χ4n) is 2.09. The van der Waals surface area contributed by atoms with Crippen LogP contribution in [0.4, 0.5) is 17.6 Å². The Balaban J connectivity index is 2.06. The highest BCUT2D eigenvalue weighted by Gasteiger charge is 2.27. The average Bonchev–Trinajstić information content (AvgIpc) is 2.43. The van der Waals surface area contributed by atoms with Crippen molar-refractivity contribution in [2.24, 2.45) is 0 Å². The Bertz CT molecular complexity index is 612. The first-order valence-corrected chi connectivity index (χ1v) is 6.78. The van der Waals surface area contributed by atoms with E-state index in [0.717, 1.165) is 0 Å². The molecule has 0 aliphatic carbocycles. The van der Waals surface area contributed by atoms with Crippen molar-refractivity contribution < 1.29 is 22.3 Å². The smallest absolute Gasteiger partial charge is 0.372 e. The molecule has 2 aromatic carbocycles. The quantitative estimate of drug-likeness (QED) is 0.416. The molecule has 2 rings (SSSR count). The lowest BCUT2D eigenvalue weighted by atomic mass is 10.0. The largest absolute Gasteiger partial charge is 0.411 e. The van der Waals surface area contributed by atoms with Crippen LogP contribution in [0.5, 0.6) is 0 Å². The summed E-state index contributed by atoms with van der Waals surface area (Å²) in [4.78, 5) is 0. The zero-order valence-electron chi connectivity index (χ0n) is 11.0. The van der Waals surface area contributed by atoms with E-state index < -0.39 is 18.2 Å². The number of hydrogen-bond donors (Lipinski definition) is 0. The second-order valence-electron chi connectivity index (χ2n) is 4.61. The molecule has 0 radical (unpaired) electrons. The van der Waals surface area contributed by atoms with Gasteiger partial charge in [0.25, 0.3) is 0 Å². The summed E-state index contributed by atoms with van der Waals surface area (Å²) in [6.07, 6.45) is -4.13. The Morgan fingerprint density at radius 3 is 2.38 bits per heavy atom. The van der Waals surface area contributed by atoms with E-state index >= 15 is 0 Å². The normalized spacial score (nSPS) is 13.6. The van der Waals surface area contributed by atoms with Crippen molar-refractivity contribution in [1.82, 2.24) is 0 Å². The number of fused-ring (bicyclic) bond motifs is 1. The second kappa shape index (κ2) is 6.62. The molecule has 0 aliphatic heterocycles. The maximum absolute atomic E-state index is 13.7. The molecule has 0 heterocycles. The van der Waals surface area contributed by atoms with Gasteiger partial charge in [0.15, 0.2) is 0 Å². The first-order chi connectivity index (χ1) is 9.88. The fraction of sp³-hybridized carbons (Fsp3) is 0.333. The predicted molar refractivity (Wildman–Crippen MR) is 74.0 cm³/mol. The summed E-state index contributed by atoms with van der Waals surface area (Å²) in [5, 5.41) is 0.564. The topological polar surface area (TPSA) is 9.23 Å². The Morgan fingerprint density at radius 2 is 1.71 bits per heavy atom. The van der Waals surface area contributed by atoms with Crippen LogP contribution in [0, 0.1) is 5.82 Å². The monoisotopic (exact) mass is 320 g/mol. The highest BCUT2D eigenvalue weighted by molar-refractivity contribution is 6.21. The first kappa shape index (κ1) is 16.0. The van der Waals surface area contributed by atoms with E-state index in [2.05, 4.69) is 4.74 Å². The summed E-state index contributed by atoms with van der Waals surface area (Å²) < 4.78 is 54.1. The standard InChI is InChI=1S/C15H13ClF4O/c16-13(7-8-21-9-15(18,19)20)11-5-6-14(17)12-4-2-1-3-10(11)12/h1-6,13H,7-9H2. The highest BCUT2D eigenvalue weighted by Crippen LogP contribution is 2.32. The number of rotatable bonds is 5. The molecule has 0 saturated heterocycles. The molecule has 114 valence electrons. The third-order valence-corrected chi connectivity index (χ3v) is 3.48. The van der Waals surface area contributed by atoms with Gasteiger partial charge in [-0.3, -0.25) is 0 Å². The van der Waals surface area contributed by atoms with Crippen molar-refractivity contribution in [2.75, 3.05) is 13.2 Å². The number of benzene rings is 2. The summed E-state index contributed by atoms with van der Waals surface area (Å²) in [5.74, 6) is -0.355. The summed E-state index contributed by atoms with van der Waals surface area (Å²) in [7, 11) is 0. The molecule has 6 heteroatoms. The van der Waals surface area contributed by atoms with E-state index in [9.17, 15) is 17.6 Å². The van der Waals surface area contributed by atoms with E-state index in [-0.39, 0.29) is 18.8 Å². The van der Waals surface area contributed by atoms with Crippen molar-refractivity contribution in [1.29, 1.82) is 0 Å². The number of hydrogen-bond acceptors (Lipinski definition) is 1. The minimum atomic E-state index is -4.34. The Kier molecular flexibility index (Phi) is 5.06. The Labute approximate surface area is 124 Å². The summed E-state index contributed by atoms with van der Waals surface area (Å²) in [5.41, 5.74) is 0.685. The molecule has 0 bridgehead atoms. The summed E-state index contributed by atoms with van der Waals surface area (Å²) in [6, 6.07) is 9.71. The molecule has 0 aliphatic rings. The van der Waals surface area contributed by atoms with Crippen molar-refractivity contribution in [3.63, 3.8) is 0 Å². The molecule has 2 aromatic rings. The van der Waals surface area contributed by atoms with Crippen LogP contribution in [0.1, 0.15) is 17.4 Å². The second-order valence-corrected chi connectivity index (χ2v) is 5.13. The molecule has 0 spiro atoms. The lowest BCUT2D eigenvalue weighted by Gasteiger charge is -2.14. The highest BCUT2D eigenvalue weighted by atomic mass is 35.5. The van der Waals surface area contributed by atoms with E-state index in [1.165, 1.54) is 6.07 Å². The molecule has 1 atom stereocenters. The van der Waals surface area contributed by atoms with Crippen LogP contribution >= 0.6 is 11.6 Å². The van der Waals surface area contributed by atoms with Crippen LogP contribution in [0.25, 0.3) is 10.8 Å². The Morgan fingerprint density at radius 1 is 1.05 bits per heavy atom. The lowest BCUT2D eigenvalue weighted by Crippen LogP contribution is -2.17. The maximum Gasteiger partial charge on any atom is 0.411 e. The summed E-state index contributed by atoms with van der Waals surface area (Å²) in [6.45, 7) is -1.40. The fourth-order valence-corrected chi connectivity index (χ4v) is 2.37. The van der Waals surface area contributed by atoms with E-state index in [4.69, 9.17) is 11.6 Å². The molecule has 0 amide bonds. The van der Waals surface area contributed by atoms with Crippen LogP contribution in [-0.4, -0.2) is 19.4 Å². The van der Waals surface area contributed by atoms with Gasteiger partial charge in [0.2, 0.25) is 0 Å². The molecule has 21 heavy (non-hydrogen) atoms. The van der Waals surface area contributed by atoms with Gasteiger partial charge in [-0.2, -0.15) is 13.2 Å². The minimum absolute atomic E-state index is 0.112. The van der Waals surface area contributed by atoms with Crippen molar-refractivity contribution in [3.05, 3.63) is 47.8 Å². The van der Waals surface area contributed by atoms with Gasteiger partial charge in [0, 0.05) is 12.0 Å². The minimum Gasteiger partial charge on any atom is -0.372 e. The van der Waals surface area contributed by atoms with Gasteiger partial charge in [-0.15, -0.1) is 11.6 Å². The van der Waals surface area contributed by atoms with E-state index in [0.29, 0.717) is 16.3 Å². The predicted octanol–water partition coefficient (Wildman–Crippen LogP) is 5.23. The maximum atomic E-state index is 13.7. The third-order valence-electron chi connectivity index (χ3n) is 3.02. The van der Waals surface area contributed by atoms with Crippen LogP contribution < -0.4 is 0 Å². The van der Waals surface area contributed by atoms with Gasteiger partial charge in [-0.05, 0) is 23.4 Å². The molecule has 0 fully saturated rings. The van der Waals surface area contributed by atoms with Gasteiger partial charge in [-0.25, -0.2) is 4.39 Å². The van der Waals surface area contributed by atoms with Crippen molar-refractivity contribution in [3.8, 4) is 0 Å². The number of alkyl halides is 4. The van der Waals surface area contributed by atoms with Gasteiger partial charge in [0.1, 0.15) is 12.4 Å². The third kappa shape index (κ3) is 4.32. The first-order valence-electron chi connectivity index (χ1n) is 6.34. The van der Waals surface area contributed by atoms with Crippen LogP contribution in [0.3, 0.4) is 0 Å². The lowest BCUT2D eigenvalue weighted by molar-refractivity contribution is -0.174. The molecule has 1 nitrogen and oxygen atoms in total. The van der Waals surface area contributed by atoms with Gasteiger partial charge in [-0.1, -0.05) is 30.3 Å². The van der Waals surface area contributed by atoms with Crippen LogP contribution in [0.15, 0.2) is 36.4 Å². The molecular weight excluding hydrogens is 308 g/mol. The van der Waals surface area contributed by atoms with Crippen molar-refractivity contribution in [2.45, 2.75) is 18.0 Å². The molecule has 0 saturated carbocycles. The molecule has 0 aromatic heterocycles. The molecule has 0 N–H and O–H groups in total. The van der Waals surface area contributed by atoms with Crippen LogP contribution in [-0.2, 0) is 4.74 Å². The number of ether oxygens (including phenoxy) is 1. The zero-order valence-corrected chi connectivity index (χ0v) is 11.7. The Hall–Kier alpha value is -1.33. The van der Waals surface area contributed by atoms with Gasteiger partial charge >= 0.3 is 6.18 Å². The van der Waals surface area contributed by atoms with Gasteiger partial charge in [0.05, 0.1) is 5.38 Å². The van der Waals surface area contributed by atoms with Crippen molar-refractivity contribution >= 4 is 22.4 Å². The average molecular weight is 321 g/mol. The zero-order chi connectivity index (χ0) is 15.5. The summed E-state index contributed by atoms with van der Waals surface area (Å²) >= 11 is 6.20. The number of halogens is 5. The van der Waals surface area contributed by atoms with E-state index in [1.807, 2.05) is 0 Å². The van der Waals surface area contributed by atoms with E-state index in [1.54, 1.807) is 30.3 Å².